The molecule has 0 aromatic carbocycles. The largest absolute Gasteiger partial charge is 0.480 e. The van der Waals surface area contributed by atoms with Crippen molar-refractivity contribution in [3.63, 3.8) is 0 Å². The summed E-state index contributed by atoms with van der Waals surface area (Å²) >= 11 is 5.89. The zero-order valence-corrected chi connectivity index (χ0v) is 7.72. The fraction of sp³-hybridized carbons (Fsp3) is 0.250. The van der Waals surface area contributed by atoms with Crippen molar-refractivity contribution in [2.45, 2.75) is 6.92 Å². The van der Waals surface area contributed by atoms with E-state index in [1.165, 1.54) is 7.11 Å². The first-order valence-electron chi connectivity index (χ1n) is 3.36. The summed E-state index contributed by atoms with van der Waals surface area (Å²) in [5, 5.41) is 0.410. The Morgan fingerprint density at radius 1 is 1.67 bits per heavy atom. The number of aryl methyl sites for hydroxylation is 1. The average molecular weight is 185 g/mol. The van der Waals surface area contributed by atoms with Crippen LogP contribution in [0.3, 0.4) is 0 Å². The normalized spacial score (nSPS) is 9.58. The van der Waals surface area contributed by atoms with Gasteiger partial charge in [-0.05, 0) is 19.2 Å². The predicted molar refractivity (Wildman–Crippen MR) is 49.7 cm³/mol. The van der Waals surface area contributed by atoms with Crippen LogP contribution in [0.2, 0.25) is 5.02 Å². The van der Waals surface area contributed by atoms with E-state index in [-0.39, 0.29) is 0 Å². The molecule has 1 aromatic rings. The molecule has 4 heteroatoms. The molecule has 0 aliphatic carbocycles. The van der Waals surface area contributed by atoms with Crippen molar-refractivity contribution in [3.05, 3.63) is 16.8 Å². The zero-order valence-electron chi connectivity index (χ0n) is 6.97. The molecule has 0 N–H and O–H groups in total. The van der Waals surface area contributed by atoms with Gasteiger partial charge in [0, 0.05) is 6.20 Å². The molecule has 1 aromatic heterocycles. The van der Waals surface area contributed by atoms with Gasteiger partial charge in [0.15, 0.2) is 0 Å². The lowest BCUT2D eigenvalue weighted by atomic mass is 10.2. The van der Waals surface area contributed by atoms with Gasteiger partial charge in [-0.25, -0.2) is 4.98 Å². The molecule has 0 fully saturated rings. The van der Waals surface area contributed by atoms with Crippen LogP contribution in [0.1, 0.15) is 5.56 Å². The Morgan fingerprint density at radius 3 is 2.83 bits per heavy atom. The lowest BCUT2D eigenvalue weighted by molar-refractivity contribution is 0.398. The molecule has 0 bridgehead atoms. The average Bonchev–Trinajstić information content (AvgIpc) is 2.06. The number of halogens is 1. The van der Waals surface area contributed by atoms with Gasteiger partial charge >= 0.3 is 0 Å². The van der Waals surface area contributed by atoms with E-state index in [1.807, 2.05) is 6.92 Å². The van der Waals surface area contributed by atoms with Crippen molar-refractivity contribution in [2.75, 3.05) is 7.11 Å². The number of hydrogen-bond acceptors (Lipinski definition) is 3. The molecule has 0 spiro atoms. The minimum absolute atomic E-state index is 0.379. The molecule has 0 aliphatic heterocycles. The molecular weight excluding hydrogens is 176 g/mol. The third-order valence-corrected chi connectivity index (χ3v) is 1.84. The van der Waals surface area contributed by atoms with Gasteiger partial charge in [-0.2, -0.15) is 0 Å². The molecule has 0 radical (unpaired) electrons. The van der Waals surface area contributed by atoms with Crippen LogP contribution in [0, 0.1) is 6.92 Å². The van der Waals surface area contributed by atoms with E-state index in [2.05, 4.69) is 16.7 Å². The first-order valence-corrected chi connectivity index (χ1v) is 3.74. The molecule has 12 heavy (non-hydrogen) atoms. The second kappa shape index (κ2) is 3.54. The quantitative estimate of drug-likeness (QED) is 0.662. The highest BCUT2D eigenvalue weighted by Crippen LogP contribution is 2.34. The molecule has 3 nitrogen and oxygen atoms in total. The molecule has 0 unspecified atom stereocenters. The van der Waals surface area contributed by atoms with Gasteiger partial charge in [-0.1, -0.05) is 11.6 Å². The van der Waals surface area contributed by atoms with Crippen molar-refractivity contribution in [1.82, 2.24) is 4.98 Å². The standard InChI is InChI=1S/C8H9ClN2O/c1-5-4-11-8(12-3)6(9)7(5)10-2/h4H,2H2,1,3H3. The van der Waals surface area contributed by atoms with Crippen molar-refractivity contribution >= 4 is 24.0 Å². The van der Waals surface area contributed by atoms with Crippen LogP contribution >= 0.6 is 11.6 Å². The monoisotopic (exact) mass is 184 g/mol. The first kappa shape index (κ1) is 9.00. The molecule has 1 heterocycles. The van der Waals surface area contributed by atoms with Crippen molar-refractivity contribution in [3.8, 4) is 5.88 Å². The molecule has 0 saturated heterocycles. The smallest absolute Gasteiger partial charge is 0.234 e. The van der Waals surface area contributed by atoms with E-state index in [0.717, 1.165) is 5.56 Å². The van der Waals surface area contributed by atoms with E-state index >= 15 is 0 Å². The Labute approximate surface area is 76.1 Å². The Bertz CT molecular complexity index is 312. The Kier molecular flexibility index (Phi) is 2.65. The van der Waals surface area contributed by atoms with E-state index in [1.54, 1.807) is 6.20 Å². The SMILES string of the molecule is C=Nc1c(C)cnc(OC)c1Cl. The van der Waals surface area contributed by atoms with Gasteiger partial charge in [0.1, 0.15) is 5.02 Å². The number of hydrogen-bond donors (Lipinski definition) is 0. The number of aromatic nitrogens is 1. The Morgan fingerprint density at radius 2 is 2.33 bits per heavy atom. The van der Waals surface area contributed by atoms with Gasteiger partial charge in [0.05, 0.1) is 12.8 Å². The highest BCUT2D eigenvalue weighted by Gasteiger charge is 2.08. The van der Waals surface area contributed by atoms with E-state index in [9.17, 15) is 0 Å². The Hall–Kier alpha value is -1.09. The summed E-state index contributed by atoms with van der Waals surface area (Å²) in [6, 6.07) is 0. The predicted octanol–water partition coefficient (Wildman–Crippen LogP) is 2.38. The van der Waals surface area contributed by atoms with Crippen LogP contribution in [-0.4, -0.2) is 18.8 Å². The fourth-order valence-corrected chi connectivity index (χ4v) is 1.22. The number of methoxy groups -OCH3 is 1. The minimum Gasteiger partial charge on any atom is -0.480 e. The van der Waals surface area contributed by atoms with Crippen molar-refractivity contribution < 1.29 is 4.74 Å². The van der Waals surface area contributed by atoms with Crippen LogP contribution in [-0.2, 0) is 0 Å². The van der Waals surface area contributed by atoms with Gasteiger partial charge in [-0.15, -0.1) is 0 Å². The van der Waals surface area contributed by atoms with Gasteiger partial charge in [-0.3, -0.25) is 4.99 Å². The first-order chi connectivity index (χ1) is 5.70. The topological polar surface area (TPSA) is 34.5 Å². The number of nitrogens with zero attached hydrogens (tertiary/aromatic N) is 2. The summed E-state index contributed by atoms with van der Waals surface area (Å²) in [5.74, 6) is 0.379. The molecule has 0 saturated carbocycles. The van der Waals surface area contributed by atoms with E-state index < -0.39 is 0 Å². The maximum absolute atomic E-state index is 5.89. The van der Waals surface area contributed by atoms with Crippen molar-refractivity contribution in [1.29, 1.82) is 0 Å². The zero-order chi connectivity index (χ0) is 9.14. The summed E-state index contributed by atoms with van der Waals surface area (Å²) in [5.41, 5.74) is 1.51. The minimum atomic E-state index is 0.379. The van der Waals surface area contributed by atoms with Crippen LogP contribution in [0.15, 0.2) is 11.2 Å². The number of rotatable bonds is 2. The number of ether oxygens (including phenoxy) is 1. The number of pyridine rings is 1. The summed E-state index contributed by atoms with van der Waals surface area (Å²) in [6.07, 6.45) is 1.65. The maximum atomic E-state index is 5.89. The van der Waals surface area contributed by atoms with Gasteiger partial charge in [0.2, 0.25) is 5.88 Å². The molecule has 1 rings (SSSR count). The lowest BCUT2D eigenvalue weighted by Crippen LogP contribution is -1.89. The van der Waals surface area contributed by atoms with E-state index in [4.69, 9.17) is 16.3 Å². The third-order valence-electron chi connectivity index (χ3n) is 1.50. The van der Waals surface area contributed by atoms with Crippen LogP contribution < -0.4 is 4.74 Å². The second-order valence-corrected chi connectivity index (χ2v) is 2.65. The van der Waals surface area contributed by atoms with Gasteiger partial charge < -0.3 is 4.74 Å². The molecule has 0 amide bonds. The lowest BCUT2D eigenvalue weighted by Gasteiger charge is -2.05. The summed E-state index contributed by atoms with van der Waals surface area (Å²) in [6.45, 7) is 5.27. The van der Waals surface area contributed by atoms with Crippen LogP contribution in [0.5, 0.6) is 5.88 Å². The van der Waals surface area contributed by atoms with Crippen molar-refractivity contribution in [2.24, 2.45) is 4.99 Å². The third kappa shape index (κ3) is 1.41. The van der Waals surface area contributed by atoms with E-state index in [0.29, 0.717) is 16.6 Å². The molecular formula is C8H9ClN2O. The molecule has 0 aliphatic rings. The fourth-order valence-electron chi connectivity index (χ4n) is 0.884. The number of aliphatic imine (C=N–C) groups is 1. The van der Waals surface area contributed by atoms with Gasteiger partial charge in [0.25, 0.3) is 0 Å². The summed E-state index contributed by atoms with van der Waals surface area (Å²) in [4.78, 5) is 7.74. The highest BCUT2D eigenvalue weighted by atomic mass is 35.5. The summed E-state index contributed by atoms with van der Waals surface area (Å²) < 4.78 is 4.91. The molecule has 0 atom stereocenters. The highest BCUT2D eigenvalue weighted by molar-refractivity contribution is 6.34. The molecule has 64 valence electrons. The Balaban J connectivity index is 3.33. The van der Waals surface area contributed by atoms with Crippen LogP contribution in [0.25, 0.3) is 0 Å². The second-order valence-electron chi connectivity index (χ2n) is 2.27. The van der Waals surface area contributed by atoms with Crippen LogP contribution in [0.4, 0.5) is 5.69 Å². The summed E-state index contributed by atoms with van der Waals surface area (Å²) in [7, 11) is 1.51. The maximum Gasteiger partial charge on any atom is 0.234 e.